The Hall–Kier alpha value is -2.04. The molecule has 5 nitrogen and oxygen atoms in total. The first-order valence-corrected chi connectivity index (χ1v) is 6.66. The molecule has 1 unspecified atom stereocenters. The van der Waals surface area contributed by atoms with Crippen LogP contribution in [0.2, 0.25) is 0 Å². The Kier molecular flexibility index (Phi) is 3.97. The Morgan fingerprint density at radius 1 is 1.30 bits per heavy atom. The lowest BCUT2D eigenvalue weighted by Crippen LogP contribution is -2.44. The molecular weight excluding hydrogens is 256 g/mol. The van der Waals surface area contributed by atoms with Crippen molar-refractivity contribution in [3.8, 4) is 5.75 Å². The van der Waals surface area contributed by atoms with E-state index in [0.717, 1.165) is 0 Å². The van der Waals surface area contributed by atoms with Gasteiger partial charge < -0.3 is 14.5 Å². The van der Waals surface area contributed by atoms with Gasteiger partial charge in [0.15, 0.2) is 0 Å². The molecule has 0 spiro atoms. The lowest BCUT2D eigenvalue weighted by molar-refractivity contribution is -0.127. The second-order valence-electron chi connectivity index (χ2n) is 5.32. The number of ether oxygens (including phenoxy) is 1. The molecule has 1 aliphatic heterocycles. The topological polar surface area (TPSA) is 49.9 Å². The maximum atomic E-state index is 12.6. The smallest absolute Gasteiger partial charge is 0.255 e. The molecule has 0 radical (unpaired) electrons. The van der Waals surface area contributed by atoms with E-state index in [2.05, 4.69) is 0 Å². The summed E-state index contributed by atoms with van der Waals surface area (Å²) >= 11 is 0. The first-order valence-electron chi connectivity index (χ1n) is 6.66. The van der Waals surface area contributed by atoms with E-state index in [1.165, 1.54) is 0 Å². The van der Waals surface area contributed by atoms with Crippen LogP contribution in [0.1, 0.15) is 24.2 Å². The Bertz CT molecular complexity index is 510. The molecule has 0 N–H and O–H groups in total. The zero-order chi connectivity index (χ0) is 14.9. The number of methoxy groups -OCH3 is 1. The van der Waals surface area contributed by atoms with Crippen molar-refractivity contribution in [2.75, 3.05) is 20.7 Å². The van der Waals surface area contributed by atoms with Crippen molar-refractivity contribution in [2.45, 2.75) is 20.0 Å². The SMILES string of the molecule is COc1ccc(C(=O)N2CC(=O)N(C)C2C(C)C)cc1. The Labute approximate surface area is 119 Å². The van der Waals surface area contributed by atoms with Crippen LogP contribution in [-0.4, -0.2) is 48.5 Å². The molecule has 0 aliphatic carbocycles. The number of carbonyl (C=O) groups is 2. The fourth-order valence-electron chi connectivity index (χ4n) is 2.61. The molecule has 2 rings (SSSR count). The maximum absolute atomic E-state index is 12.6. The number of hydrogen-bond donors (Lipinski definition) is 0. The summed E-state index contributed by atoms with van der Waals surface area (Å²) in [5.41, 5.74) is 0.569. The van der Waals surface area contributed by atoms with Crippen molar-refractivity contribution in [1.29, 1.82) is 0 Å². The van der Waals surface area contributed by atoms with Gasteiger partial charge in [-0.25, -0.2) is 0 Å². The normalized spacial score (nSPS) is 18.9. The van der Waals surface area contributed by atoms with Crippen molar-refractivity contribution in [3.05, 3.63) is 29.8 Å². The summed E-state index contributed by atoms with van der Waals surface area (Å²) in [4.78, 5) is 27.7. The van der Waals surface area contributed by atoms with E-state index in [9.17, 15) is 9.59 Å². The highest BCUT2D eigenvalue weighted by molar-refractivity contribution is 5.98. The molecule has 5 heteroatoms. The van der Waals surface area contributed by atoms with E-state index < -0.39 is 0 Å². The zero-order valence-corrected chi connectivity index (χ0v) is 12.3. The third-order valence-corrected chi connectivity index (χ3v) is 3.61. The Morgan fingerprint density at radius 3 is 2.40 bits per heavy atom. The van der Waals surface area contributed by atoms with Crippen LogP contribution in [-0.2, 0) is 4.79 Å². The van der Waals surface area contributed by atoms with Crippen LogP contribution in [0.25, 0.3) is 0 Å². The minimum Gasteiger partial charge on any atom is -0.497 e. The molecule has 2 amide bonds. The molecule has 0 aromatic heterocycles. The Morgan fingerprint density at radius 2 is 1.90 bits per heavy atom. The highest BCUT2D eigenvalue weighted by atomic mass is 16.5. The molecule has 1 aromatic carbocycles. The molecule has 0 bridgehead atoms. The van der Waals surface area contributed by atoms with Crippen LogP contribution in [0.15, 0.2) is 24.3 Å². The monoisotopic (exact) mass is 276 g/mol. The molecule has 1 heterocycles. The number of rotatable bonds is 3. The lowest BCUT2D eigenvalue weighted by atomic mass is 10.1. The first kappa shape index (κ1) is 14.4. The molecule has 1 aromatic rings. The van der Waals surface area contributed by atoms with Gasteiger partial charge in [-0.1, -0.05) is 13.8 Å². The van der Waals surface area contributed by atoms with Crippen LogP contribution in [0.3, 0.4) is 0 Å². The number of hydrogen-bond acceptors (Lipinski definition) is 3. The summed E-state index contributed by atoms with van der Waals surface area (Å²) in [5.74, 6) is 0.750. The number of carbonyl (C=O) groups excluding carboxylic acids is 2. The summed E-state index contributed by atoms with van der Waals surface area (Å²) in [6, 6.07) is 6.95. The van der Waals surface area contributed by atoms with Crippen LogP contribution >= 0.6 is 0 Å². The average Bonchev–Trinajstić information content (AvgIpc) is 2.74. The predicted octanol–water partition coefficient (Wildman–Crippen LogP) is 1.59. The zero-order valence-electron chi connectivity index (χ0n) is 12.3. The lowest BCUT2D eigenvalue weighted by Gasteiger charge is -2.30. The van der Waals surface area contributed by atoms with Gasteiger partial charge in [-0.05, 0) is 30.2 Å². The van der Waals surface area contributed by atoms with Gasteiger partial charge in [0.1, 0.15) is 18.5 Å². The maximum Gasteiger partial charge on any atom is 0.255 e. The molecule has 108 valence electrons. The van der Waals surface area contributed by atoms with Gasteiger partial charge in [-0.15, -0.1) is 0 Å². The van der Waals surface area contributed by atoms with Crippen molar-refractivity contribution in [3.63, 3.8) is 0 Å². The summed E-state index contributed by atoms with van der Waals surface area (Å²) in [6.07, 6.45) is -0.183. The van der Waals surface area contributed by atoms with E-state index in [4.69, 9.17) is 4.74 Å². The molecule has 20 heavy (non-hydrogen) atoms. The third kappa shape index (κ3) is 2.48. The minimum atomic E-state index is -0.183. The van der Waals surface area contributed by atoms with Crippen LogP contribution in [0.5, 0.6) is 5.75 Å². The van der Waals surface area contributed by atoms with Crippen LogP contribution < -0.4 is 4.74 Å². The predicted molar refractivity (Wildman–Crippen MR) is 75.4 cm³/mol. The standard InChI is InChI=1S/C15H20N2O3/c1-10(2)14-16(3)13(18)9-17(14)15(19)11-5-7-12(20-4)8-6-11/h5-8,10,14H,9H2,1-4H3. The van der Waals surface area contributed by atoms with E-state index >= 15 is 0 Å². The van der Waals surface area contributed by atoms with Crippen LogP contribution in [0.4, 0.5) is 0 Å². The van der Waals surface area contributed by atoms with E-state index in [1.54, 1.807) is 48.2 Å². The molecule has 1 fully saturated rings. The Balaban J connectivity index is 2.24. The molecule has 0 saturated carbocycles. The number of likely N-dealkylation sites (N-methyl/N-ethyl adjacent to an activating group) is 1. The van der Waals surface area contributed by atoms with Gasteiger partial charge >= 0.3 is 0 Å². The summed E-state index contributed by atoms with van der Waals surface area (Å²) in [7, 11) is 3.33. The fourth-order valence-corrected chi connectivity index (χ4v) is 2.61. The van der Waals surface area contributed by atoms with Crippen molar-refractivity contribution >= 4 is 11.8 Å². The summed E-state index contributed by atoms with van der Waals surface area (Å²) < 4.78 is 5.08. The van der Waals surface area contributed by atoms with Gasteiger partial charge in [0.2, 0.25) is 5.91 Å². The molecular formula is C15H20N2O3. The highest BCUT2D eigenvalue weighted by Gasteiger charge is 2.40. The molecule has 1 saturated heterocycles. The average molecular weight is 276 g/mol. The fraction of sp³-hybridized carbons (Fsp3) is 0.467. The first-order chi connectivity index (χ1) is 9.45. The van der Waals surface area contributed by atoms with Gasteiger partial charge in [0.05, 0.1) is 7.11 Å². The van der Waals surface area contributed by atoms with Gasteiger partial charge in [-0.3, -0.25) is 9.59 Å². The second kappa shape index (κ2) is 5.53. The number of amides is 2. The third-order valence-electron chi connectivity index (χ3n) is 3.61. The number of nitrogens with zero attached hydrogens (tertiary/aromatic N) is 2. The van der Waals surface area contributed by atoms with Crippen molar-refractivity contribution < 1.29 is 14.3 Å². The summed E-state index contributed by atoms with van der Waals surface area (Å²) in [5, 5.41) is 0. The van der Waals surface area contributed by atoms with E-state index in [0.29, 0.717) is 11.3 Å². The van der Waals surface area contributed by atoms with E-state index in [-0.39, 0.29) is 30.4 Å². The summed E-state index contributed by atoms with van der Waals surface area (Å²) in [6.45, 7) is 4.16. The number of benzene rings is 1. The quantitative estimate of drug-likeness (QED) is 0.842. The largest absolute Gasteiger partial charge is 0.497 e. The minimum absolute atomic E-state index is 0.0226. The van der Waals surface area contributed by atoms with Crippen LogP contribution in [0, 0.1) is 5.92 Å². The molecule has 1 aliphatic rings. The van der Waals surface area contributed by atoms with Gasteiger partial charge in [0, 0.05) is 12.6 Å². The van der Waals surface area contributed by atoms with E-state index in [1.807, 2.05) is 13.8 Å². The van der Waals surface area contributed by atoms with Crippen molar-refractivity contribution in [2.24, 2.45) is 5.92 Å². The highest BCUT2D eigenvalue weighted by Crippen LogP contribution is 2.24. The molecule has 1 atom stereocenters. The van der Waals surface area contributed by atoms with Gasteiger partial charge in [0.25, 0.3) is 5.91 Å². The second-order valence-corrected chi connectivity index (χ2v) is 5.32. The van der Waals surface area contributed by atoms with Gasteiger partial charge in [-0.2, -0.15) is 0 Å². The van der Waals surface area contributed by atoms with Crippen molar-refractivity contribution in [1.82, 2.24) is 9.80 Å².